The Morgan fingerprint density at radius 2 is 2.06 bits per heavy atom. The number of hydrogen-bond donors (Lipinski definition) is 2. The van der Waals surface area contributed by atoms with Gasteiger partial charge in [-0.05, 0) is 12.1 Å². The van der Waals surface area contributed by atoms with Crippen LogP contribution in [0.4, 0.5) is 0 Å². The number of carboxylic acids is 1. The average Bonchev–Trinajstić information content (AvgIpc) is 2.65. The van der Waals surface area contributed by atoms with Gasteiger partial charge in [0.15, 0.2) is 0 Å². The van der Waals surface area contributed by atoms with Crippen LogP contribution in [0.5, 0.6) is 0 Å². The molecule has 0 aliphatic carbocycles. The highest BCUT2D eigenvalue weighted by Crippen LogP contribution is 2.39. The third-order valence-electron chi connectivity index (χ3n) is 2.21. The Kier molecular flexibility index (Phi) is 3.75. The number of carboxylic acid groups (broad SMARTS) is 1. The molecule has 0 radical (unpaired) electrons. The second-order valence-corrected chi connectivity index (χ2v) is 5.27. The van der Waals surface area contributed by atoms with Crippen molar-refractivity contribution >= 4 is 56.5 Å². The first kappa shape index (κ1) is 13.1. The molecule has 0 atom stereocenters. The van der Waals surface area contributed by atoms with E-state index in [1.54, 1.807) is 18.2 Å². The summed E-state index contributed by atoms with van der Waals surface area (Å²) in [6, 6.07) is 5.24. The molecule has 1 aromatic heterocycles. The average molecular weight is 304 g/mol. The summed E-state index contributed by atoms with van der Waals surface area (Å²) in [6.45, 7) is -0.447. The second-order valence-electron chi connectivity index (χ2n) is 3.43. The molecule has 0 spiro atoms. The highest BCUT2D eigenvalue weighted by molar-refractivity contribution is 7.21. The van der Waals surface area contributed by atoms with Gasteiger partial charge in [-0.2, -0.15) is 0 Å². The predicted octanol–water partition coefficient (Wildman–Crippen LogP) is 3.02. The van der Waals surface area contributed by atoms with E-state index < -0.39 is 18.4 Å². The Bertz CT molecular complexity index is 638. The number of halogens is 2. The molecule has 1 heterocycles. The highest BCUT2D eigenvalue weighted by atomic mass is 35.5. The first-order valence-electron chi connectivity index (χ1n) is 4.87. The minimum atomic E-state index is -1.11. The van der Waals surface area contributed by atoms with Gasteiger partial charge in [0.2, 0.25) is 0 Å². The number of nitrogens with one attached hydrogen (secondary N) is 1. The fourth-order valence-corrected chi connectivity index (χ4v) is 3.32. The van der Waals surface area contributed by atoms with Gasteiger partial charge in [-0.3, -0.25) is 9.59 Å². The van der Waals surface area contributed by atoms with Crippen LogP contribution in [-0.4, -0.2) is 23.5 Å². The number of amides is 1. The third-order valence-corrected chi connectivity index (χ3v) is 4.17. The molecule has 7 heteroatoms. The lowest BCUT2D eigenvalue weighted by Gasteiger charge is -1.99. The summed E-state index contributed by atoms with van der Waals surface area (Å²) < 4.78 is 0.785. The van der Waals surface area contributed by atoms with E-state index in [1.165, 1.54) is 11.3 Å². The minimum Gasteiger partial charge on any atom is -0.480 e. The molecule has 0 unspecified atom stereocenters. The summed E-state index contributed by atoms with van der Waals surface area (Å²) in [6.07, 6.45) is 0. The number of benzene rings is 1. The molecule has 0 saturated carbocycles. The van der Waals surface area contributed by atoms with Crippen LogP contribution in [0.25, 0.3) is 10.1 Å². The van der Waals surface area contributed by atoms with E-state index in [0.29, 0.717) is 10.4 Å². The smallest absolute Gasteiger partial charge is 0.322 e. The van der Waals surface area contributed by atoms with Gasteiger partial charge < -0.3 is 10.4 Å². The number of carbonyl (C=O) groups is 2. The lowest BCUT2D eigenvalue weighted by molar-refractivity contribution is -0.135. The largest absolute Gasteiger partial charge is 0.480 e. The van der Waals surface area contributed by atoms with Gasteiger partial charge in [0, 0.05) is 10.1 Å². The molecule has 2 N–H and O–H groups in total. The Hall–Kier alpha value is -1.30. The van der Waals surface area contributed by atoms with Crippen molar-refractivity contribution in [3.8, 4) is 0 Å². The Morgan fingerprint density at radius 1 is 1.33 bits per heavy atom. The maximum absolute atomic E-state index is 11.8. The van der Waals surface area contributed by atoms with Crippen LogP contribution in [0, 0.1) is 0 Å². The van der Waals surface area contributed by atoms with Gasteiger partial charge in [-0.25, -0.2) is 0 Å². The Morgan fingerprint density at radius 3 is 2.67 bits per heavy atom. The van der Waals surface area contributed by atoms with E-state index in [1.807, 2.05) is 0 Å². The molecule has 18 heavy (non-hydrogen) atoms. The number of aliphatic carboxylic acids is 1. The lowest BCUT2D eigenvalue weighted by Crippen LogP contribution is -2.28. The minimum absolute atomic E-state index is 0.253. The first-order chi connectivity index (χ1) is 8.50. The van der Waals surface area contributed by atoms with E-state index in [9.17, 15) is 9.59 Å². The van der Waals surface area contributed by atoms with Crippen LogP contribution < -0.4 is 5.32 Å². The second kappa shape index (κ2) is 5.14. The fraction of sp³-hybridized carbons (Fsp3) is 0.0909. The molecule has 1 amide bonds. The molecule has 4 nitrogen and oxygen atoms in total. The monoisotopic (exact) mass is 303 g/mol. The molecule has 0 saturated heterocycles. The summed E-state index contributed by atoms with van der Waals surface area (Å²) in [5.41, 5.74) is 0. The molecule has 0 aliphatic heterocycles. The van der Waals surface area contributed by atoms with Crippen LogP contribution in [-0.2, 0) is 4.79 Å². The molecular weight excluding hydrogens is 297 g/mol. The normalized spacial score (nSPS) is 10.6. The first-order valence-corrected chi connectivity index (χ1v) is 6.44. The van der Waals surface area contributed by atoms with E-state index in [2.05, 4.69) is 5.32 Å². The fourth-order valence-electron chi connectivity index (χ4n) is 1.45. The summed E-state index contributed by atoms with van der Waals surface area (Å²) in [5, 5.41) is 12.1. The number of fused-ring (bicyclic) bond motifs is 1. The molecule has 0 fully saturated rings. The van der Waals surface area contributed by atoms with E-state index >= 15 is 0 Å². The maximum atomic E-state index is 11.8. The van der Waals surface area contributed by atoms with Crippen LogP contribution in [0.1, 0.15) is 9.67 Å². The molecule has 94 valence electrons. The summed E-state index contributed by atoms with van der Waals surface area (Å²) in [4.78, 5) is 22.4. The Balaban J connectivity index is 2.40. The number of rotatable bonds is 3. The van der Waals surface area contributed by atoms with Gasteiger partial charge in [-0.15, -0.1) is 11.3 Å². The Labute approximate surface area is 116 Å². The molecule has 2 aromatic rings. The van der Waals surface area contributed by atoms with Crippen molar-refractivity contribution in [3.63, 3.8) is 0 Å². The van der Waals surface area contributed by atoms with Crippen molar-refractivity contribution in [1.29, 1.82) is 0 Å². The maximum Gasteiger partial charge on any atom is 0.322 e. The van der Waals surface area contributed by atoms with Gasteiger partial charge in [-0.1, -0.05) is 29.3 Å². The number of hydrogen-bond acceptors (Lipinski definition) is 3. The van der Waals surface area contributed by atoms with Crippen molar-refractivity contribution in [2.75, 3.05) is 6.54 Å². The van der Waals surface area contributed by atoms with E-state index in [0.717, 1.165) is 4.70 Å². The van der Waals surface area contributed by atoms with Crippen molar-refractivity contribution in [1.82, 2.24) is 5.32 Å². The molecule has 0 aliphatic rings. The molecular formula is C11H7Cl2NO3S. The van der Waals surface area contributed by atoms with Crippen LogP contribution in [0.15, 0.2) is 18.2 Å². The standard InChI is InChI=1S/C11H7Cl2NO3S/c12-5-2-1-3-6-8(5)9(13)10(18-6)11(17)14-4-7(15)16/h1-3H,4H2,(H,14,17)(H,15,16). The topological polar surface area (TPSA) is 66.4 Å². The van der Waals surface area contributed by atoms with Crippen molar-refractivity contribution < 1.29 is 14.7 Å². The van der Waals surface area contributed by atoms with Gasteiger partial charge in [0.25, 0.3) is 5.91 Å². The van der Waals surface area contributed by atoms with Gasteiger partial charge in [0.05, 0.1) is 10.0 Å². The molecule has 1 aromatic carbocycles. The highest BCUT2D eigenvalue weighted by Gasteiger charge is 2.18. The molecule has 0 bridgehead atoms. The van der Waals surface area contributed by atoms with E-state index in [-0.39, 0.29) is 9.90 Å². The van der Waals surface area contributed by atoms with E-state index in [4.69, 9.17) is 28.3 Å². The number of thiophene rings is 1. The molecule has 2 rings (SSSR count). The van der Waals surface area contributed by atoms with Crippen LogP contribution in [0.3, 0.4) is 0 Å². The number of carbonyl (C=O) groups excluding carboxylic acids is 1. The summed E-state index contributed by atoms with van der Waals surface area (Å²) in [7, 11) is 0. The van der Waals surface area contributed by atoms with Crippen molar-refractivity contribution in [3.05, 3.63) is 33.1 Å². The zero-order valence-electron chi connectivity index (χ0n) is 8.87. The van der Waals surface area contributed by atoms with Gasteiger partial charge in [0.1, 0.15) is 11.4 Å². The zero-order valence-corrected chi connectivity index (χ0v) is 11.2. The van der Waals surface area contributed by atoms with Crippen molar-refractivity contribution in [2.45, 2.75) is 0 Å². The SMILES string of the molecule is O=C(O)CNC(=O)c1sc2cccc(Cl)c2c1Cl. The zero-order chi connectivity index (χ0) is 13.3. The quantitative estimate of drug-likeness (QED) is 0.916. The van der Waals surface area contributed by atoms with Crippen molar-refractivity contribution in [2.24, 2.45) is 0 Å². The lowest BCUT2D eigenvalue weighted by atomic mass is 10.2. The van der Waals surface area contributed by atoms with Gasteiger partial charge >= 0.3 is 5.97 Å². The third kappa shape index (κ3) is 2.43. The van der Waals surface area contributed by atoms with Crippen LogP contribution >= 0.6 is 34.5 Å². The predicted molar refractivity (Wildman–Crippen MR) is 71.8 cm³/mol. The summed E-state index contributed by atoms with van der Waals surface area (Å²) >= 11 is 13.3. The summed E-state index contributed by atoms with van der Waals surface area (Å²) in [5.74, 6) is -1.63. The van der Waals surface area contributed by atoms with Crippen LogP contribution in [0.2, 0.25) is 10.0 Å².